The highest BCUT2D eigenvalue weighted by atomic mass is 16.5. The molecule has 1 N–H and O–H groups in total. The van der Waals surface area contributed by atoms with Gasteiger partial charge in [-0.25, -0.2) is 4.79 Å². The van der Waals surface area contributed by atoms with E-state index < -0.39 is 18.4 Å². The number of carbonyl (C=O) groups is 2. The molecule has 8 heteroatoms. The van der Waals surface area contributed by atoms with E-state index in [1.54, 1.807) is 6.07 Å². The number of aliphatic carboxylic acids is 1. The lowest BCUT2D eigenvalue weighted by molar-refractivity contribution is -0.304. The van der Waals surface area contributed by atoms with Crippen molar-refractivity contribution >= 4 is 22.8 Å². The first-order valence-corrected chi connectivity index (χ1v) is 9.68. The lowest BCUT2D eigenvalue weighted by Crippen LogP contribution is -2.39. The van der Waals surface area contributed by atoms with Gasteiger partial charge in [0.05, 0.1) is 17.9 Å². The maximum Gasteiger partial charge on any atom is 0.339 e. The Hall–Kier alpha value is -3.03. The molecule has 0 saturated heterocycles. The van der Waals surface area contributed by atoms with Gasteiger partial charge < -0.3 is 29.1 Å². The van der Waals surface area contributed by atoms with E-state index in [4.69, 9.17) is 13.9 Å². The van der Waals surface area contributed by atoms with Crippen LogP contribution >= 0.6 is 0 Å². The van der Waals surface area contributed by atoms with Crippen LogP contribution in [0.2, 0.25) is 0 Å². The summed E-state index contributed by atoms with van der Waals surface area (Å²) in [4.78, 5) is 34.9. The predicted octanol–water partition coefficient (Wildman–Crippen LogP) is 0.630. The van der Waals surface area contributed by atoms with Gasteiger partial charge >= 0.3 is 5.63 Å². The van der Waals surface area contributed by atoms with Crippen molar-refractivity contribution in [2.45, 2.75) is 51.6 Å². The van der Waals surface area contributed by atoms with Gasteiger partial charge in [0.15, 0.2) is 6.61 Å². The molecule has 1 aliphatic heterocycles. The third-order valence-corrected chi connectivity index (χ3v) is 5.42. The molecule has 1 aliphatic carbocycles. The van der Waals surface area contributed by atoms with Gasteiger partial charge in [0.2, 0.25) is 0 Å². The van der Waals surface area contributed by atoms with Crippen LogP contribution in [0.5, 0.6) is 11.5 Å². The van der Waals surface area contributed by atoms with E-state index in [0.29, 0.717) is 40.9 Å². The van der Waals surface area contributed by atoms with Gasteiger partial charge in [-0.05, 0) is 51.5 Å². The van der Waals surface area contributed by atoms with Crippen LogP contribution in [0.3, 0.4) is 0 Å². The van der Waals surface area contributed by atoms with Crippen LogP contribution in [0.25, 0.3) is 11.0 Å². The second-order valence-corrected chi connectivity index (χ2v) is 8.05. The Balaban J connectivity index is 1.78. The molecule has 29 heavy (non-hydrogen) atoms. The van der Waals surface area contributed by atoms with E-state index >= 15 is 0 Å². The topological polar surface area (TPSA) is 118 Å². The molecule has 0 saturated carbocycles. The molecular weight excluding hydrogens is 378 g/mol. The summed E-state index contributed by atoms with van der Waals surface area (Å²) in [6, 6.07) is 1.74. The molecule has 0 bridgehead atoms. The minimum atomic E-state index is -1.38. The largest absolute Gasteiger partial charge is 0.548 e. The number of hydrogen-bond acceptors (Lipinski definition) is 7. The second kappa shape index (κ2) is 7.09. The fourth-order valence-corrected chi connectivity index (χ4v) is 4.03. The minimum absolute atomic E-state index is 0.333. The van der Waals surface area contributed by atoms with Gasteiger partial charge in [-0.1, -0.05) is 0 Å². The summed E-state index contributed by atoms with van der Waals surface area (Å²) >= 11 is 0. The number of nitrogens with one attached hydrogen (secondary N) is 1. The van der Waals surface area contributed by atoms with E-state index in [-0.39, 0.29) is 17.8 Å². The second-order valence-electron chi connectivity index (χ2n) is 8.05. The first-order chi connectivity index (χ1) is 13.7. The zero-order valence-electron chi connectivity index (χ0n) is 16.4. The molecule has 4 rings (SSSR count). The number of aryl methyl sites for hydroxylation is 2. The quantitative estimate of drug-likeness (QED) is 0.732. The Kier molecular flexibility index (Phi) is 4.72. The summed E-state index contributed by atoms with van der Waals surface area (Å²) in [7, 11) is 0. The van der Waals surface area contributed by atoms with Gasteiger partial charge in [-0.3, -0.25) is 4.79 Å². The molecule has 154 valence electrons. The number of carbonyl (C=O) groups excluding carboxylic acids is 2. The van der Waals surface area contributed by atoms with Crippen molar-refractivity contribution in [3.05, 3.63) is 33.2 Å². The monoisotopic (exact) mass is 400 g/mol. The molecule has 8 nitrogen and oxygen atoms in total. The van der Waals surface area contributed by atoms with Crippen molar-refractivity contribution in [2.24, 2.45) is 0 Å². The number of carboxylic acids is 1. The molecule has 0 spiro atoms. The standard InChI is InChI=1S/C21H23NO7/c1-21(2)7-6-13-14(29-21)8-15(27-10-16(23)22-9-17(24)25)18-11-4-3-5-12(11)20(26)28-19(13)18/h8H,3-7,9-10H2,1-2H3,(H,22,23)(H,24,25)/p-1. The van der Waals surface area contributed by atoms with E-state index in [9.17, 15) is 19.5 Å². The van der Waals surface area contributed by atoms with Crippen molar-refractivity contribution in [1.29, 1.82) is 0 Å². The predicted molar refractivity (Wildman–Crippen MR) is 101 cm³/mol. The number of carboxylic acid groups (broad SMARTS) is 1. The molecule has 1 aromatic carbocycles. The fraction of sp³-hybridized carbons (Fsp3) is 0.476. The third kappa shape index (κ3) is 3.66. The SMILES string of the molecule is CC1(C)CCc2c(cc(OCC(=O)NCC(=O)[O-])c3c4c(c(=O)oc23)CCC4)O1. The molecule has 0 radical (unpaired) electrons. The van der Waals surface area contributed by atoms with Gasteiger partial charge in [0.25, 0.3) is 5.91 Å². The summed E-state index contributed by atoms with van der Waals surface area (Å²) in [5, 5.41) is 13.4. The summed E-state index contributed by atoms with van der Waals surface area (Å²) in [5.74, 6) is -1.01. The van der Waals surface area contributed by atoms with Crippen LogP contribution < -0.4 is 25.5 Å². The van der Waals surface area contributed by atoms with Crippen LogP contribution in [0, 0.1) is 0 Å². The van der Waals surface area contributed by atoms with Crippen LogP contribution in [0.1, 0.15) is 43.4 Å². The smallest absolute Gasteiger partial charge is 0.339 e. The zero-order chi connectivity index (χ0) is 20.8. The van der Waals surface area contributed by atoms with Crippen molar-refractivity contribution in [2.75, 3.05) is 13.2 Å². The van der Waals surface area contributed by atoms with Crippen molar-refractivity contribution in [1.82, 2.24) is 5.32 Å². The van der Waals surface area contributed by atoms with Crippen LogP contribution in [0.15, 0.2) is 15.3 Å². The van der Waals surface area contributed by atoms with E-state index in [0.717, 1.165) is 30.4 Å². The highest BCUT2D eigenvalue weighted by Gasteiger charge is 2.32. The molecule has 0 fully saturated rings. The Morgan fingerprint density at radius 1 is 1.21 bits per heavy atom. The maximum atomic E-state index is 12.5. The lowest BCUT2D eigenvalue weighted by atomic mass is 9.91. The Morgan fingerprint density at radius 3 is 2.72 bits per heavy atom. The normalized spacial score (nSPS) is 16.6. The average Bonchev–Trinajstić information content (AvgIpc) is 3.13. The highest BCUT2D eigenvalue weighted by molar-refractivity contribution is 5.93. The fourth-order valence-electron chi connectivity index (χ4n) is 4.03. The number of ether oxygens (including phenoxy) is 2. The molecule has 1 aromatic heterocycles. The average molecular weight is 400 g/mol. The number of hydrogen-bond donors (Lipinski definition) is 1. The number of rotatable bonds is 5. The first-order valence-electron chi connectivity index (χ1n) is 9.68. The first kappa shape index (κ1) is 19.3. The highest BCUT2D eigenvalue weighted by Crippen LogP contribution is 2.44. The van der Waals surface area contributed by atoms with E-state index in [1.807, 2.05) is 13.8 Å². The van der Waals surface area contributed by atoms with Crippen LogP contribution in [0.4, 0.5) is 0 Å². The Labute approximate surface area is 166 Å². The molecule has 2 aromatic rings. The number of fused-ring (bicyclic) bond motifs is 5. The molecule has 2 aliphatic rings. The summed E-state index contributed by atoms with van der Waals surface area (Å²) in [5.41, 5.74) is 2.13. The lowest BCUT2D eigenvalue weighted by Gasteiger charge is -2.33. The van der Waals surface area contributed by atoms with Gasteiger partial charge in [-0.2, -0.15) is 0 Å². The Morgan fingerprint density at radius 2 is 1.97 bits per heavy atom. The number of benzene rings is 1. The van der Waals surface area contributed by atoms with E-state index in [2.05, 4.69) is 5.32 Å². The summed E-state index contributed by atoms with van der Waals surface area (Å²) in [6.07, 6.45) is 3.72. The maximum absolute atomic E-state index is 12.5. The van der Waals surface area contributed by atoms with Crippen molar-refractivity contribution in [3.63, 3.8) is 0 Å². The number of amides is 1. The molecule has 0 atom stereocenters. The van der Waals surface area contributed by atoms with Crippen molar-refractivity contribution in [3.8, 4) is 11.5 Å². The van der Waals surface area contributed by atoms with E-state index in [1.165, 1.54) is 0 Å². The molecule has 0 unspecified atom stereocenters. The Bertz CT molecular complexity index is 1070. The van der Waals surface area contributed by atoms with Gasteiger partial charge in [-0.15, -0.1) is 0 Å². The van der Waals surface area contributed by atoms with Gasteiger partial charge in [0, 0.05) is 17.2 Å². The van der Waals surface area contributed by atoms with Crippen molar-refractivity contribution < 1.29 is 28.6 Å². The van der Waals surface area contributed by atoms with Gasteiger partial charge in [0.1, 0.15) is 22.7 Å². The van der Waals surface area contributed by atoms with Crippen LogP contribution in [-0.2, 0) is 28.9 Å². The zero-order valence-corrected chi connectivity index (χ0v) is 16.4. The summed E-state index contributed by atoms with van der Waals surface area (Å²) < 4.78 is 17.5. The van der Waals surface area contributed by atoms with Crippen LogP contribution in [-0.4, -0.2) is 30.6 Å². The summed E-state index contributed by atoms with van der Waals surface area (Å²) in [6.45, 7) is 2.99. The molecule has 2 heterocycles. The minimum Gasteiger partial charge on any atom is -0.548 e. The molecule has 1 amide bonds. The molecular formula is C21H22NO7-. The third-order valence-electron chi connectivity index (χ3n) is 5.42.